The lowest BCUT2D eigenvalue weighted by molar-refractivity contribution is -0.0487. The van der Waals surface area contributed by atoms with Gasteiger partial charge in [-0.3, -0.25) is 0 Å². The molecule has 11 nitrogen and oxygen atoms in total. The summed E-state index contributed by atoms with van der Waals surface area (Å²) in [5.41, 5.74) is 0.0107. The van der Waals surface area contributed by atoms with E-state index in [0.717, 1.165) is 25.9 Å². The average molecular weight is 580 g/mol. The predicted molar refractivity (Wildman–Crippen MR) is 160 cm³/mol. The lowest BCUT2D eigenvalue weighted by Crippen LogP contribution is -2.42. The van der Waals surface area contributed by atoms with Gasteiger partial charge in [-0.1, -0.05) is 0 Å². The van der Waals surface area contributed by atoms with Crippen molar-refractivity contribution in [2.24, 2.45) is 0 Å². The molecule has 0 aliphatic carbocycles. The summed E-state index contributed by atoms with van der Waals surface area (Å²) in [5, 5.41) is 5.23. The van der Waals surface area contributed by atoms with Crippen molar-refractivity contribution in [2.75, 3.05) is 38.6 Å². The number of ether oxygens (including phenoxy) is 4. The highest BCUT2D eigenvalue weighted by Gasteiger charge is 2.32. The smallest absolute Gasteiger partial charge is 0.410 e. The topological polar surface area (TPSA) is 108 Å². The van der Waals surface area contributed by atoms with E-state index in [9.17, 15) is 4.79 Å². The highest BCUT2D eigenvalue weighted by molar-refractivity contribution is 5.69. The second kappa shape index (κ2) is 14.1. The minimum Gasteiger partial charge on any atom is -0.497 e. The van der Waals surface area contributed by atoms with Crippen LogP contribution in [0.4, 0.5) is 10.5 Å². The zero-order chi connectivity index (χ0) is 30.1. The van der Waals surface area contributed by atoms with Crippen molar-refractivity contribution in [3.63, 3.8) is 0 Å². The van der Waals surface area contributed by atoms with Crippen molar-refractivity contribution >= 4 is 11.8 Å². The molecule has 1 aliphatic heterocycles. The van der Waals surface area contributed by atoms with Gasteiger partial charge in [0.15, 0.2) is 0 Å². The number of rotatable bonds is 12. The first kappa shape index (κ1) is 30.7. The first-order valence-electron chi connectivity index (χ1n) is 14.3. The summed E-state index contributed by atoms with van der Waals surface area (Å²) in [5.74, 6) is 2.83. The highest BCUT2D eigenvalue weighted by Crippen LogP contribution is 2.32. The van der Waals surface area contributed by atoms with Gasteiger partial charge in [0.05, 0.1) is 19.3 Å². The van der Waals surface area contributed by atoms with Crippen molar-refractivity contribution in [3.8, 4) is 34.9 Å². The second-order valence-corrected chi connectivity index (χ2v) is 10.8. The molecule has 0 unspecified atom stereocenters. The largest absolute Gasteiger partial charge is 0.497 e. The van der Waals surface area contributed by atoms with E-state index in [-0.39, 0.29) is 24.0 Å². The van der Waals surface area contributed by atoms with Gasteiger partial charge in [-0.2, -0.15) is 4.98 Å². The van der Waals surface area contributed by atoms with E-state index in [1.165, 1.54) is 0 Å². The molecule has 4 rings (SSSR count). The number of likely N-dealkylation sites (tertiary alicyclic amines) is 1. The fourth-order valence-electron chi connectivity index (χ4n) is 4.37. The molecule has 0 saturated carbocycles. The number of amides is 1. The fraction of sp³-hybridized carbons (Fsp3) is 0.452. The molecule has 0 radical (unpaired) electrons. The number of hydrogen-bond acceptors (Lipinski definition) is 10. The lowest BCUT2D eigenvalue weighted by atomic mass is 10.2. The molecule has 1 aliphatic rings. The van der Waals surface area contributed by atoms with Crippen molar-refractivity contribution in [1.29, 1.82) is 0 Å². The number of nitrogens with zero attached hydrogens (tertiary/aromatic N) is 4. The summed E-state index contributed by atoms with van der Waals surface area (Å²) >= 11 is 0. The van der Waals surface area contributed by atoms with Crippen LogP contribution >= 0.6 is 0 Å². The van der Waals surface area contributed by atoms with Crippen LogP contribution in [0.2, 0.25) is 0 Å². The Balaban J connectivity index is 1.50. The summed E-state index contributed by atoms with van der Waals surface area (Å²) in [4.78, 5) is 29.3. The molecular weight excluding hydrogens is 538 g/mol. The van der Waals surface area contributed by atoms with Crippen LogP contribution in [0.1, 0.15) is 47.5 Å². The van der Waals surface area contributed by atoms with Gasteiger partial charge in [0.2, 0.25) is 5.88 Å². The van der Waals surface area contributed by atoms with Crippen LogP contribution in [0.5, 0.6) is 34.9 Å². The molecule has 0 bridgehead atoms. The first-order valence-corrected chi connectivity index (χ1v) is 14.3. The molecule has 1 amide bonds. The standard InChI is InChI=1S/C31H41N5O6/c1-7-35(8-2)42-26-17-15-25(16-18-26)40-29-33-21-27(28(34-29)39-24-13-11-23(38-6)12-14-24)32-20-22-10-9-19-36(22)30(37)41-31(3,4)5/h11-18,21-22,32H,7-10,19-20H2,1-6H3/t22-/m0/s1. The predicted octanol–water partition coefficient (Wildman–Crippen LogP) is 6.52. The van der Waals surface area contributed by atoms with Crippen molar-refractivity contribution in [1.82, 2.24) is 19.9 Å². The van der Waals surface area contributed by atoms with Gasteiger partial charge >= 0.3 is 12.1 Å². The van der Waals surface area contributed by atoms with Gasteiger partial charge in [-0.25, -0.2) is 9.78 Å². The molecule has 226 valence electrons. The van der Waals surface area contributed by atoms with Crippen LogP contribution in [-0.2, 0) is 4.74 Å². The molecule has 1 atom stereocenters. The van der Waals surface area contributed by atoms with E-state index in [1.807, 2.05) is 51.8 Å². The zero-order valence-electron chi connectivity index (χ0n) is 25.3. The van der Waals surface area contributed by atoms with E-state index in [4.69, 9.17) is 23.8 Å². The normalized spacial score (nSPS) is 14.9. The minimum absolute atomic E-state index is 0.0401. The number of carbonyl (C=O) groups excluding carboxylic acids is 1. The molecule has 2 heterocycles. The SMILES string of the molecule is CCN(CC)Oc1ccc(Oc2ncc(NC[C@@H]3CCCN3C(=O)OC(C)(C)C)c(Oc3ccc(OC)cc3)n2)cc1. The summed E-state index contributed by atoms with van der Waals surface area (Å²) in [6.45, 7) is 12.4. The Morgan fingerprint density at radius 2 is 1.60 bits per heavy atom. The van der Waals surface area contributed by atoms with Crippen molar-refractivity contribution < 1.29 is 28.6 Å². The van der Waals surface area contributed by atoms with Gasteiger partial charge in [-0.05, 0) is 96.0 Å². The number of nitrogens with one attached hydrogen (secondary N) is 1. The van der Waals surface area contributed by atoms with Gasteiger partial charge in [0.1, 0.15) is 34.3 Å². The number of anilines is 1. The van der Waals surface area contributed by atoms with Crippen molar-refractivity contribution in [3.05, 3.63) is 54.7 Å². The molecule has 1 fully saturated rings. The van der Waals surface area contributed by atoms with Gasteiger partial charge in [-0.15, -0.1) is 5.06 Å². The first-order chi connectivity index (χ1) is 20.2. The van der Waals surface area contributed by atoms with E-state index in [1.54, 1.807) is 54.6 Å². The Labute approximate surface area is 247 Å². The molecule has 42 heavy (non-hydrogen) atoms. The number of hydroxylamine groups is 2. The van der Waals surface area contributed by atoms with Crippen LogP contribution in [0.3, 0.4) is 0 Å². The lowest BCUT2D eigenvalue weighted by Gasteiger charge is -2.29. The minimum atomic E-state index is -0.556. The third kappa shape index (κ3) is 8.62. The van der Waals surface area contributed by atoms with Gasteiger partial charge in [0.25, 0.3) is 0 Å². The summed E-state index contributed by atoms with van der Waals surface area (Å²) in [6, 6.07) is 14.5. The fourth-order valence-corrected chi connectivity index (χ4v) is 4.37. The molecule has 0 spiro atoms. The number of carbonyl (C=O) groups is 1. The molecule has 3 aromatic rings. The van der Waals surface area contributed by atoms with E-state index >= 15 is 0 Å². The Kier molecular flexibility index (Phi) is 10.3. The Bertz CT molecular complexity index is 1290. The third-order valence-electron chi connectivity index (χ3n) is 6.51. The molecule has 2 aromatic carbocycles. The maximum Gasteiger partial charge on any atom is 0.410 e. The summed E-state index contributed by atoms with van der Waals surface area (Å²) in [6.07, 6.45) is 3.07. The van der Waals surface area contributed by atoms with E-state index in [0.29, 0.717) is 41.8 Å². The van der Waals surface area contributed by atoms with Gasteiger partial charge < -0.3 is 34.0 Å². The molecular formula is C31H41N5O6. The number of benzene rings is 2. The maximum absolute atomic E-state index is 12.8. The van der Waals surface area contributed by atoms with Crippen LogP contribution in [0, 0.1) is 0 Å². The summed E-state index contributed by atoms with van der Waals surface area (Å²) < 4.78 is 23.0. The third-order valence-corrected chi connectivity index (χ3v) is 6.51. The quantitative estimate of drug-likeness (QED) is 0.238. The Morgan fingerprint density at radius 1 is 0.976 bits per heavy atom. The van der Waals surface area contributed by atoms with E-state index in [2.05, 4.69) is 15.3 Å². The van der Waals surface area contributed by atoms with Crippen molar-refractivity contribution in [2.45, 2.75) is 59.1 Å². The van der Waals surface area contributed by atoms with Crippen LogP contribution in [-0.4, -0.2) is 71.0 Å². The Morgan fingerprint density at radius 3 is 2.21 bits per heavy atom. The monoisotopic (exact) mass is 579 g/mol. The van der Waals surface area contributed by atoms with Gasteiger partial charge in [0, 0.05) is 26.2 Å². The van der Waals surface area contributed by atoms with E-state index < -0.39 is 5.60 Å². The van der Waals surface area contributed by atoms with Crippen LogP contribution in [0.15, 0.2) is 54.7 Å². The highest BCUT2D eigenvalue weighted by atomic mass is 16.7. The maximum atomic E-state index is 12.8. The molecule has 1 saturated heterocycles. The average Bonchev–Trinajstić information content (AvgIpc) is 3.45. The number of aromatic nitrogens is 2. The molecule has 11 heteroatoms. The second-order valence-electron chi connectivity index (χ2n) is 10.8. The zero-order valence-corrected chi connectivity index (χ0v) is 25.3. The van der Waals surface area contributed by atoms with Crippen LogP contribution < -0.4 is 24.4 Å². The Hall–Kier alpha value is -4.25. The number of hydrogen-bond donors (Lipinski definition) is 1. The number of methoxy groups -OCH3 is 1. The molecule has 1 aromatic heterocycles. The summed E-state index contributed by atoms with van der Waals surface area (Å²) in [7, 11) is 1.61. The molecule has 1 N–H and O–H groups in total. The van der Waals surface area contributed by atoms with Crippen LogP contribution in [0.25, 0.3) is 0 Å².